The second-order valence-electron chi connectivity index (χ2n) is 5.49. The van der Waals surface area contributed by atoms with E-state index in [4.69, 9.17) is 4.74 Å². The molecule has 2 rings (SSSR count). The topological polar surface area (TPSA) is 55.4 Å². The molecule has 1 aromatic rings. The first-order chi connectivity index (χ1) is 9.52. The number of amides is 1. The van der Waals surface area contributed by atoms with Crippen molar-refractivity contribution in [2.75, 3.05) is 6.61 Å². The van der Waals surface area contributed by atoms with Gasteiger partial charge in [-0.1, -0.05) is 44.2 Å². The fourth-order valence-electron chi connectivity index (χ4n) is 3.09. The molecule has 1 heterocycles. The summed E-state index contributed by atoms with van der Waals surface area (Å²) in [6.45, 7) is 6.17. The minimum Gasteiger partial charge on any atom is -0.464 e. The number of esters is 1. The summed E-state index contributed by atoms with van der Waals surface area (Å²) in [5.41, 5.74) is 0.469. The molecule has 1 aliphatic heterocycles. The zero-order valence-corrected chi connectivity index (χ0v) is 12.2. The van der Waals surface area contributed by atoms with Crippen LogP contribution < -0.4 is 5.32 Å². The summed E-state index contributed by atoms with van der Waals surface area (Å²) >= 11 is 0. The summed E-state index contributed by atoms with van der Waals surface area (Å²) in [6.07, 6.45) is 0.318. The Bertz CT molecular complexity index is 498. The van der Waals surface area contributed by atoms with Gasteiger partial charge in [0, 0.05) is 11.8 Å². The van der Waals surface area contributed by atoms with Gasteiger partial charge in [0.25, 0.3) is 0 Å². The third kappa shape index (κ3) is 2.30. The lowest BCUT2D eigenvalue weighted by molar-refractivity contribution is -0.147. The molecule has 1 aliphatic rings. The van der Waals surface area contributed by atoms with Crippen LogP contribution in [0, 0.1) is 5.92 Å². The Kier molecular flexibility index (Phi) is 4.12. The normalized spacial score (nSPS) is 25.6. The van der Waals surface area contributed by atoms with Crippen LogP contribution in [0.15, 0.2) is 30.3 Å². The van der Waals surface area contributed by atoms with Crippen molar-refractivity contribution < 1.29 is 14.3 Å². The second kappa shape index (κ2) is 5.65. The van der Waals surface area contributed by atoms with Crippen LogP contribution in [0.2, 0.25) is 0 Å². The van der Waals surface area contributed by atoms with Crippen molar-refractivity contribution in [3.05, 3.63) is 35.9 Å². The molecule has 1 amide bonds. The van der Waals surface area contributed by atoms with Crippen molar-refractivity contribution in [2.45, 2.75) is 38.6 Å². The van der Waals surface area contributed by atoms with Gasteiger partial charge < -0.3 is 10.1 Å². The SMILES string of the molecule is CCOC(=O)C1NC(=O)CC1(c1ccccc1)C(C)C. The Morgan fingerprint density at radius 1 is 1.40 bits per heavy atom. The van der Waals surface area contributed by atoms with E-state index in [9.17, 15) is 9.59 Å². The van der Waals surface area contributed by atoms with Crippen LogP contribution in [0.4, 0.5) is 0 Å². The Balaban J connectivity index is 2.49. The number of ether oxygens (including phenoxy) is 1. The van der Waals surface area contributed by atoms with E-state index in [1.54, 1.807) is 6.92 Å². The zero-order valence-electron chi connectivity index (χ0n) is 12.2. The first-order valence-electron chi connectivity index (χ1n) is 7.04. The lowest BCUT2D eigenvalue weighted by atomic mass is 9.66. The predicted octanol–water partition coefficient (Wildman–Crippen LogP) is 2.03. The highest BCUT2D eigenvalue weighted by Gasteiger charge is 2.54. The number of hydrogen-bond acceptors (Lipinski definition) is 3. The van der Waals surface area contributed by atoms with Crippen LogP contribution in [-0.2, 0) is 19.7 Å². The van der Waals surface area contributed by atoms with E-state index in [1.165, 1.54) is 0 Å². The summed E-state index contributed by atoms with van der Waals surface area (Å²) in [6, 6.07) is 9.15. The number of carbonyl (C=O) groups is 2. The minimum absolute atomic E-state index is 0.0967. The molecule has 0 aliphatic carbocycles. The summed E-state index contributed by atoms with van der Waals surface area (Å²) in [7, 11) is 0. The lowest BCUT2D eigenvalue weighted by Crippen LogP contribution is -2.50. The van der Waals surface area contributed by atoms with E-state index < -0.39 is 11.5 Å². The van der Waals surface area contributed by atoms with E-state index in [2.05, 4.69) is 5.32 Å². The Labute approximate surface area is 119 Å². The quantitative estimate of drug-likeness (QED) is 0.855. The monoisotopic (exact) mass is 275 g/mol. The highest BCUT2D eigenvalue weighted by molar-refractivity contribution is 5.91. The predicted molar refractivity (Wildman–Crippen MR) is 76.1 cm³/mol. The van der Waals surface area contributed by atoms with Gasteiger partial charge in [0.2, 0.25) is 5.91 Å². The maximum atomic E-state index is 12.2. The molecule has 2 atom stereocenters. The minimum atomic E-state index is -0.614. The highest BCUT2D eigenvalue weighted by Crippen LogP contribution is 2.43. The number of rotatable bonds is 4. The molecule has 0 saturated carbocycles. The van der Waals surface area contributed by atoms with Gasteiger partial charge in [0.05, 0.1) is 6.61 Å². The van der Waals surface area contributed by atoms with Crippen LogP contribution in [0.1, 0.15) is 32.8 Å². The van der Waals surface area contributed by atoms with Gasteiger partial charge in [0.15, 0.2) is 0 Å². The number of carbonyl (C=O) groups excluding carboxylic acids is 2. The van der Waals surface area contributed by atoms with Crippen molar-refractivity contribution in [3.63, 3.8) is 0 Å². The first kappa shape index (κ1) is 14.6. The van der Waals surface area contributed by atoms with Gasteiger partial charge >= 0.3 is 5.97 Å². The smallest absolute Gasteiger partial charge is 0.329 e. The van der Waals surface area contributed by atoms with Gasteiger partial charge in [-0.25, -0.2) is 4.79 Å². The van der Waals surface area contributed by atoms with Crippen molar-refractivity contribution >= 4 is 11.9 Å². The average Bonchev–Trinajstić information content (AvgIpc) is 2.79. The molecular weight excluding hydrogens is 254 g/mol. The molecule has 1 saturated heterocycles. The first-order valence-corrected chi connectivity index (χ1v) is 7.04. The molecule has 4 heteroatoms. The fraction of sp³-hybridized carbons (Fsp3) is 0.500. The van der Waals surface area contributed by atoms with E-state index in [0.29, 0.717) is 13.0 Å². The highest BCUT2D eigenvalue weighted by atomic mass is 16.5. The molecule has 0 spiro atoms. The van der Waals surface area contributed by atoms with Gasteiger partial charge in [-0.05, 0) is 18.4 Å². The zero-order chi connectivity index (χ0) is 14.8. The van der Waals surface area contributed by atoms with E-state index in [-0.39, 0.29) is 17.8 Å². The molecule has 0 bridgehead atoms. The summed E-state index contributed by atoms with van der Waals surface area (Å²) in [5, 5.41) is 2.80. The maximum Gasteiger partial charge on any atom is 0.329 e. The Morgan fingerprint density at radius 3 is 2.60 bits per heavy atom. The summed E-state index contributed by atoms with van der Waals surface area (Å²) < 4.78 is 5.15. The van der Waals surface area contributed by atoms with Crippen molar-refractivity contribution in [1.82, 2.24) is 5.32 Å². The molecule has 0 radical (unpaired) electrons. The summed E-state index contributed by atoms with van der Waals surface area (Å²) in [4.78, 5) is 24.2. The van der Waals surface area contributed by atoms with Crippen molar-refractivity contribution in [3.8, 4) is 0 Å². The standard InChI is InChI=1S/C16H21NO3/c1-4-20-15(19)14-16(11(2)3,10-13(18)17-14)12-8-6-5-7-9-12/h5-9,11,14H,4,10H2,1-3H3,(H,17,18). The van der Waals surface area contributed by atoms with Crippen molar-refractivity contribution in [1.29, 1.82) is 0 Å². The van der Waals surface area contributed by atoms with Crippen LogP contribution in [-0.4, -0.2) is 24.5 Å². The van der Waals surface area contributed by atoms with Gasteiger partial charge in [0.1, 0.15) is 6.04 Å². The molecular formula is C16H21NO3. The van der Waals surface area contributed by atoms with Crippen LogP contribution in [0.25, 0.3) is 0 Å². The second-order valence-corrected chi connectivity index (χ2v) is 5.49. The Hall–Kier alpha value is -1.84. The third-order valence-corrected chi connectivity index (χ3v) is 4.14. The van der Waals surface area contributed by atoms with Gasteiger partial charge in [-0.2, -0.15) is 0 Å². The Morgan fingerprint density at radius 2 is 2.05 bits per heavy atom. The largest absolute Gasteiger partial charge is 0.464 e. The van der Waals surface area contributed by atoms with Crippen LogP contribution in [0.3, 0.4) is 0 Å². The maximum absolute atomic E-state index is 12.2. The van der Waals surface area contributed by atoms with Crippen LogP contribution in [0.5, 0.6) is 0 Å². The molecule has 0 aromatic heterocycles. The molecule has 108 valence electrons. The molecule has 2 unspecified atom stereocenters. The van der Waals surface area contributed by atoms with E-state index in [0.717, 1.165) is 5.56 Å². The molecule has 1 aromatic carbocycles. The molecule has 1 N–H and O–H groups in total. The summed E-state index contributed by atoms with van der Waals surface area (Å²) in [5.74, 6) is -0.310. The molecule has 20 heavy (non-hydrogen) atoms. The third-order valence-electron chi connectivity index (χ3n) is 4.14. The van der Waals surface area contributed by atoms with Crippen molar-refractivity contribution in [2.24, 2.45) is 5.92 Å². The average molecular weight is 275 g/mol. The number of benzene rings is 1. The van der Waals surface area contributed by atoms with E-state index in [1.807, 2.05) is 44.2 Å². The lowest BCUT2D eigenvalue weighted by Gasteiger charge is -2.37. The van der Waals surface area contributed by atoms with Gasteiger partial charge in [-0.15, -0.1) is 0 Å². The molecule has 4 nitrogen and oxygen atoms in total. The number of nitrogens with one attached hydrogen (secondary N) is 1. The fourth-order valence-corrected chi connectivity index (χ4v) is 3.09. The van der Waals surface area contributed by atoms with E-state index >= 15 is 0 Å². The van der Waals surface area contributed by atoms with Crippen LogP contribution >= 0.6 is 0 Å². The number of hydrogen-bond donors (Lipinski definition) is 1. The van der Waals surface area contributed by atoms with Gasteiger partial charge in [-0.3, -0.25) is 4.79 Å². The molecule has 1 fully saturated rings.